The van der Waals surface area contributed by atoms with Crippen LogP contribution in [0.15, 0.2) is 0 Å². The molecule has 46 heavy (non-hydrogen) atoms. The first-order valence-corrected chi connectivity index (χ1v) is 18.1. The molecule has 7 amide bonds. The fourth-order valence-corrected chi connectivity index (χ4v) is 4.50. The Hall–Kier alpha value is -2.91. The molecule has 0 rings (SSSR count). The van der Waals surface area contributed by atoms with Gasteiger partial charge in [-0.05, 0) is 57.8 Å². The third-order valence-electron chi connectivity index (χ3n) is 6.28. The van der Waals surface area contributed by atoms with Crippen LogP contribution in [0.1, 0.15) is 57.8 Å². The predicted octanol–water partition coefficient (Wildman–Crippen LogP) is 0.214. The molecule has 8 N–H and O–H groups in total. The standard InChI is InChI=1S/C28H44Br3N7O8/c1-2-15-46-28(45)38-21(11-5-8-14-35-24(41)18-31)27(44)37-20(10-4-7-13-34-23(40)17-30)26(43)36-19(25(32)42)9-3-6-12-33-22(39)16-29/h1,19-21H,3-18H2,(H2,32,42)(H,33,39)(H,34,40)(H,35,41)(H,36,43)(H,37,44)(H,38,45)/t19-,20-,21-/m0/s1. The van der Waals surface area contributed by atoms with Crippen molar-refractivity contribution in [3.8, 4) is 12.3 Å². The molecule has 0 aliphatic heterocycles. The number of amides is 7. The Morgan fingerprint density at radius 2 is 0.978 bits per heavy atom. The van der Waals surface area contributed by atoms with Crippen molar-refractivity contribution >= 4 is 89.3 Å². The summed E-state index contributed by atoms with van der Waals surface area (Å²) in [5.74, 6) is -0.498. The lowest BCUT2D eigenvalue weighted by atomic mass is 10.0. The van der Waals surface area contributed by atoms with Crippen molar-refractivity contribution in [1.29, 1.82) is 0 Å². The molecule has 0 fully saturated rings. The summed E-state index contributed by atoms with van der Waals surface area (Å²) in [5, 5.41) is 16.3. The number of ether oxygens (including phenoxy) is 1. The molecule has 0 aliphatic rings. The molecular weight excluding hydrogens is 802 g/mol. The maximum atomic E-state index is 13.4. The highest BCUT2D eigenvalue weighted by molar-refractivity contribution is 9.09. The molecular formula is C28H44Br3N7O8. The lowest BCUT2D eigenvalue weighted by Gasteiger charge is -2.25. The number of alkyl carbamates (subject to hydrolysis) is 1. The van der Waals surface area contributed by atoms with Gasteiger partial charge >= 0.3 is 6.09 Å². The molecule has 0 unspecified atom stereocenters. The van der Waals surface area contributed by atoms with Crippen LogP contribution in [0.2, 0.25) is 0 Å². The van der Waals surface area contributed by atoms with Crippen LogP contribution in [0.4, 0.5) is 4.79 Å². The zero-order chi connectivity index (χ0) is 34.7. The summed E-state index contributed by atoms with van der Waals surface area (Å²) < 4.78 is 4.85. The number of unbranched alkanes of at least 4 members (excludes halogenated alkanes) is 3. The SMILES string of the molecule is C#CCOC(=O)N[C@@H](CCCCNC(=O)CBr)C(=O)N[C@@H](CCCCNC(=O)CBr)C(=O)N[C@@H](CCCCNC(=O)CBr)C(N)=O. The summed E-state index contributed by atoms with van der Waals surface area (Å²) in [6, 6.07) is -3.24. The number of rotatable bonds is 25. The van der Waals surface area contributed by atoms with Crippen molar-refractivity contribution in [3.05, 3.63) is 0 Å². The fourth-order valence-electron chi connectivity index (χ4n) is 3.90. The van der Waals surface area contributed by atoms with Crippen LogP contribution in [0.25, 0.3) is 0 Å². The molecule has 0 aromatic carbocycles. The summed E-state index contributed by atoms with van der Waals surface area (Å²) >= 11 is 9.18. The van der Waals surface area contributed by atoms with E-state index >= 15 is 0 Å². The highest BCUT2D eigenvalue weighted by atomic mass is 79.9. The Morgan fingerprint density at radius 1 is 0.609 bits per heavy atom. The van der Waals surface area contributed by atoms with E-state index in [1.54, 1.807) is 0 Å². The van der Waals surface area contributed by atoms with Gasteiger partial charge in [-0.1, -0.05) is 53.7 Å². The van der Waals surface area contributed by atoms with Crippen molar-refractivity contribution in [1.82, 2.24) is 31.9 Å². The summed E-state index contributed by atoms with van der Waals surface area (Å²) in [6.07, 6.45) is 7.61. The topological polar surface area (TPSA) is 227 Å². The number of hydrogen-bond acceptors (Lipinski definition) is 8. The smallest absolute Gasteiger partial charge is 0.408 e. The molecule has 0 bridgehead atoms. The van der Waals surface area contributed by atoms with E-state index in [2.05, 4.69) is 85.6 Å². The van der Waals surface area contributed by atoms with Gasteiger partial charge in [-0.2, -0.15) is 0 Å². The average Bonchev–Trinajstić information content (AvgIpc) is 3.04. The zero-order valence-corrected chi connectivity index (χ0v) is 30.4. The van der Waals surface area contributed by atoms with Gasteiger partial charge in [0, 0.05) is 19.6 Å². The first-order valence-electron chi connectivity index (χ1n) is 14.7. The zero-order valence-electron chi connectivity index (χ0n) is 25.6. The molecule has 0 aromatic rings. The highest BCUT2D eigenvalue weighted by Crippen LogP contribution is 2.08. The summed E-state index contributed by atoms with van der Waals surface area (Å²) in [6.45, 7) is 0.773. The van der Waals surface area contributed by atoms with Gasteiger partial charge in [0.15, 0.2) is 6.61 Å². The second-order valence-corrected chi connectivity index (χ2v) is 11.6. The third kappa shape index (κ3) is 21.8. The Balaban J connectivity index is 5.57. The van der Waals surface area contributed by atoms with E-state index in [1.807, 2.05) is 0 Å². The van der Waals surface area contributed by atoms with Crippen molar-refractivity contribution in [3.63, 3.8) is 0 Å². The minimum absolute atomic E-state index is 0.145. The highest BCUT2D eigenvalue weighted by Gasteiger charge is 2.29. The van der Waals surface area contributed by atoms with E-state index in [1.165, 1.54) is 0 Å². The summed E-state index contributed by atoms with van der Waals surface area (Å²) in [4.78, 5) is 85.4. The van der Waals surface area contributed by atoms with E-state index in [9.17, 15) is 33.6 Å². The number of halogens is 3. The van der Waals surface area contributed by atoms with Gasteiger partial charge in [0.25, 0.3) is 0 Å². The second-order valence-electron chi connectivity index (χ2n) is 9.94. The Labute approximate surface area is 294 Å². The number of carbonyl (C=O) groups is 7. The van der Waals surface area contributed by atoms with Gasteiger partial charge < -0.3 is 42.4 Å². The molecule has 0 saturated carbocycles. The minimum Gasteiger partial charge on any atom is -0.436 e. The predicted molar refractivity (Wildman–Crippen MR) is 182 cm³/mol. The molecule has 0 saturated heterocycles. The van der Waals surface area contributed by atoms with E-state index in [0.29, 0.717) is 58.2 Å². The first-order chi connectivity index (χ1) is 22.0. The number of primary amides is 1. The van der Waals surface area contributed by atoms with Gasteiger partial charge in [0.1, 0.15) is 18.1 Å². The lowest BCUT2D eigenvalue weighted by Crippen LogP contribution is -2.56. The second kappa shape index (κ2) is 27.2. The van der Waals surface area contributed by atoms with Gasteiger partial charge in [0.2, 0.25) is 35.4 Å². The van der Waals surface area contributed by atoms with Crippen LogP contribution in [-0.4, -0.2) is 102 Å². The minimum atomic E-state index is -1.11. The summed E-state index contributed by atoms with van der Waals surface area (Å²) in [7, 11) is 0. The molecule has 0 aliphatic carbocycles. The molecule has 0 radical (unpaired) electrons. The number of terminal acetylenes is 1. The van der Waals surface area contributed by atoms with Crippen molar-refractivity contribution in [2.75, 3.05) is 42.2 Å². The van der Waals surface area contributed by atoms with E-state index in [0.717, 1.165) is 0 Å². The van der Waals surface area contributed by atoms with Gasteiger partial charge in [-0.3, -0.25) is 28.8 Å². The Morgan fingerprint density at radius 3 is 1.35 bits per heavy atom. The van der Waals surface area contributed by atoms with Crippen LogP contribution in [-0.2, 0) is 33.5 Å². The quantitative estimate of drug-likeness (QED) is 0.0381. The normalized spacial score (nSPS) is 12.3. The molecule has 3 atom stereocenters. The maximum Gasteiger partial charge on any atom is 0.408 e. The number of nitrogens with two attached hydrogens (primary N) is 1. The molecule has 0 heterocycles. The van der Waals surface area contributed by atoms with Gasteiger partial charge in [-0.15, -0.1) is 6.42 Å². The molecule has 15 nitrogen and oxygen atoms in total. The van der Waals surface area contributed by atoms with Gasteiger partial charge in [-0.25, -0.2) is 4.79 Å². The Kier molecular flexibility index (Phi) is 25.5. The summed E-state index contributed by atoms with van der Waals surface area (Å²) in [5.41, 5.74) is 5.54. The average molecular weight is 846 g/mol. The molecule has 0 spiro atoms. The molecule has 0 aromatic heterocycles. The number of carbonyl (C=O) groups excluding carboxylic acids is 7. The van der Waals surface area contributed by atoms with Gasteiger partial charge in [0.05, 0.1) is 16.0 Å². The van der Waals surface area contributed by atoms with Crippen LogP contribution in [0, 0.1) is 12.3 Å². The number of alkyl halides is 3. The maximum absolute atomic E-state index is 13.4. The van der Waals surface area contributed by atoms with Crippen LogP contribution in [0.3, 0.4) is 0 Å². The largest absolute Gasteiger partial charge is 0.436 e. The number of hydrogen-bond donors (Lipinski definition) is 7. The monoisotopic (exact) mass is 843 g/mol. The van der Waals surface area contributed by atoms with Crippen molar-refractivity contribution in [2.45, 2.75) is 75.9 Å². The third-order valence-corrected chi connectivity index (χ3v) is 7.81. The van der Waals surface area contributed by atoms with Crippen LogP contribution >= 0.6 is 47.8 Å². The van der Waals surface area contributed by atoms with E-state index in [4.69, 9.17) is 16.9 Å². The fraction of sp³-hybridized carbons (Fsp3) is 0.679. The number of nitrogens with one attached hydrogen (secondary N) is 6. The van der Waals surface area contributed by atoms with E-state index in [-0.39, 0.29) is 59.6 Å². The molecule has 260 valence electrons. The lowest BCUT2D eigenvalue weighted by molar-refractivity contribution is -0.132. The first kappa shape index (κ1) is 43.1. The van der Waals surface area contributed by atoms with Crippen molar-refractivity contribution < 1.29 is 38.3 Å². The van der Waals surface area contributed by atoms with Crippen molar-refractivity contribution in [2.24, 2.45) is 5.73 Å². The van der Waals surface area contributed by atoms with E-state index < -0.39 is 41.9 Å². The van der Waals surface area contributed by atoms with Crippen LogP contribution in [0.5, 0.6) is 0 Å². The van der Waals surface area contributed by atoms with Crippen LogP contribution < -0.4 is 37.6 Å². The Bertz CT molecular complexity index is 1050. The molecule has 18 heteroatoms.